The van der Waals surface area contributed by atoms with Crippen LogP contribution in [0.25, 0.3) is 0 Å². The van der Waals surface area contributed by atoms with Crippen LogP contribution in [0.2, 0.25) is 5.02 Å². The predicted molar refractivity (Wildman–Crippen MR) is 63.3 cm³/mol. The average Bonchev–Trinajstić information content (AvgIpc) is 2.24. The van der Waals surface area contributed by atoms with E-state index < -0.39 is 6.10 Å². The summed E-state index contributed by atoms with van der Waals surface area (Å²) in [6, 6.07) is 1.55. The van der Waals surface area contributed by atoms with Crippen LogP contribution < -0.4 is 10.1 Å². The molecule has 1 atom stereocenters. The van der Waals surface area contributed by atoms with Crippen LogP contribution in [0.4, 0.5) is 0 Å². The Morgan fingerprint density at radius 1 is 1.56 bits per heavy atom. The van der Waals surface area contributed by atoms with Crippen LogP contribution in [0.15, 0.2) is 6.07 Å². The third-order valence-corrected chi connectivity index (χ3v) is 2.82. The van der Waals surface area contributed by atoms with Gasteiger partial charge < -0.3 is 20.3 Å². The Balaban J connectivity index is 3.25. The molecule has 0 spiro atoms. The molecule has 0 aliphatic heterocycles. The number of likely N-dealkylation sites (N-methyl/N-ethyl adjacent to an activating group) is 1. The minimum absolute atomic E-state index is 0.0628. The first-order chi connectivity index (χ1) is 7.52. The number of rotatable bonds is 4. The maximum atomic E-state index is 9.92. The Morgan fingerprint density at radius 3 is 2.69 bits per heavy atom. The van der Waals surface area contributed by atoms with Gasteiger partial charge in [-0.3, -0.25) is 0 Å². The van der Waals surface area contributed by atoms with Crippen LogP contribution in [0.3, 0.4) is 0 Å². The van der Waals surface area contributed by atoms with Crippen LogP contribution in [0, 0.1) is 6.92 Å². The molecule has 0 fully saturated rings. The molecule has 90 valence electrons. The Morgan fingerprint density at radius 2 is 2.19 bits per heavy atom. The number of phenolic OH excluding ortho intramolecular Hbond substituents is 1. The van der Waals surface area contributed by atoms with Gasteiger partial charge in [0.25, 0.3) is 0 Å². The molecule has 0 radical (unpaired) electrons. The summed E-state index contributed by atoms with van der Waals surface area (Å²) in [6.07, 6.45) is -0.822. The van der Waals surface area contributed by atoms with Gasteiger partial charge in [-0.2, -0.15) is 0 Å². The first kappa shape index (κ1) is 13.1. The van der Waals surface area contributed by atoms with E-state index in [1.807, 2.05) is 0 Å². The zero-order valence-electron chi connectivity index (χ0n) is 9.54. The fourth-order valence-corrected chi connectivity index (χ4v) is 1.74. The van der Waals surface area contributed by atoms with Crippen molar-refractivity contribution in [2.75, 3.05) is 20.7 Å². The number of aliphatic hydroxyl groups excluding tert-OH is 1. The number of nitrogens with one attached hydrogen (secondary N) is 1. The molecule has 0 bridgehead atoms. The largest absolute Gasteiger partial charge is 0.504 e. The first-order valence-electron chi connectivity index (χ1n) is 4.91. The summed E-state index contributed by atoms with van der Waals surface area (Å²) in [5.74, 6) is 0.241. The van der Waals surface area contributed by atoms with Gasteiger partial charge in [-0.1, -0.05) is 11.6 Å². The molecule has 4 nitrogen and oxygen atoms in total. The van der Waals surface area contributed by atoms with Gasteiger partial charge >= 0.3 is 0 Å². The molecule has 0 saturated heterocycles. The Labute approximate surface area is 99.8 Å². The molecule has 0 heterocycles. The van der Waals surface area contributed by atoms with Gasteiger partial charge in [-0.15, -0.1) is 0 Å². The monoisotopic (exact) mass is 245 g/mol. The summed E-state index contributed by atoms with van der Waals surface area (Å²) in [6.45, 7) is 2.07. The van der Waals surface area contributed by atoms with Crippen molar-refractivity contribution in [1.82, 2.24) is 5.32 Å². The normalized spacial score (nSPS) is 12.6. The number of methoxy groups -OCH3 is 1. The van der Waals surface area contributed by atoms with Crippen molar-refractivity contribution in [3.8, 4) is 11.5 Å². The van der Waals surface area contributed by atoms with Gasteiger partial charge in [0, 0.05) is 22.7 Å². The van der Waals surface area contributed by atoms with E-state index in [9.17, 15) is 10.2 Å². The molecular formula is C11H16ClNO3. The highest BCUT2D eigenvalue weighted by Crippen LogP contribution is 2.40. The zero-order valence-corrected chi connectivity index (χ0v) is 10.3. The van der Waals surface area contributed by atoms with Crippen molar-refractivity contribution in [3.63, 3.8) is 0 Å². The van der Waals surface area contributed by atoms with E-state index in [1.54, 1.807) is 20.0 Å². The molecule has 1 aromatic carbocycles. The number of aliphatic hydroxyl groups is 1. The van der Waals surface area contributed by atoms with E-state index in [1.165, 1.54) is 7.11 Å². The standard InChI is InChI=1S/C11H16ClNO3/c1-6-8(12)4-7(9(14)5-13-2)10(15)11(6)16-3/h4,9,13-15H,5H2,1-3H3. The molecule has 1 rings (SSSR count). The Kier molecular flexibility index (Phi) is 4.41. The number of hydrogen-bond donors (Lipinski definition) is 3. The van der Waals surface area contributed by atoms with Gasteiger partial charge in [0.05, 0.1) is 13.2 Å². The maximum Gasteiger partial charge on any atom is 0.165 e. The Bertz CT molecular complexity index is 382. The number of ether oxygens (including phenoxy) is 1. The molecule has 0 saturated carbocycles. The third-order valence-electron chi connectivity index (χ3n) is 2.43. The molecule has 3 N–H and O–H groups in total. The van der Waals surface area contributed by atoms with Gasteiger partial charge in [0.2, 0.25) is 0 Å². The molecular weight excluding hydrogens is 230 g/mol. The topological polar surface area (TPSA) is 61.7 Å². The van der Waals surface area contributed by atoms with E-state index in [4.69, 9.17) is 16.3 Å². The van der Waals surface area contributed by atoms with Crippen molar-refractivity contribution in [3.05, 3.63) is 22.2 Å². The van der Waals surface area contributed by atoms with E-state index in [0.717, 1.165) is 0 Å². The van der Waals surface area contributed by atoms with Crippen molar-refractivity contribution in [2.45, 2.75) is 13.0 Å². The second-order valence-electron chi connectivity index (χ2n) is 3.53. The van der Waals surface area contributed by atoms with Gasteiger partial charge in [0.1, 0.15) is 0 Å². The highest BCUT2D eigenvalue weighted by molar-refractivity contribution is 6.31. The highest BCUT2D eigenvalue weighted by Gasteiger charge is 2.19. The van der Waals surface area contributed by atoms with Crippen molar-refractivity contribution < 1.29 is 14.9 Å². The highest BCUT2D eigenvalue weighted by atomic mass is 35.5. The molecule has 0 aliphatic rings. The number of benzene rings is 1. The third kappa shape index (κ3) is 2.40. The van der Waals surface area contributed by atoms with E-state index in [0.29, 0.717) is 28.4 Å². The molecule has 0 aliphatic carbocycles. The lowest BCUT2D eigenvalue weighted by Gasteiger charge is -2.17. The molecule has 5 heteroatoms. The maximum absolute atomic E-state index is 9.92. The number of hydrogen-bond acceptors (Lipinski definition) is 4. The van der Waals surface area contributed by atoms with E-state index in [2.05, 4.69) is 5.32 Å². The van der Waals surface area contributed by atoms with E-state index >= 15 is 0 Å². The van der Waals surface area contributed by atoms with Crippen molar-refractivity contribution in [2.24, 2.45) is 0 Å². The summed E-state index contributed by atoms with van der Waals surface area (Å²) in [5, 5.41) is 23.0. The summed E-state index contributed by atoms with van der Waals surface area (Å²) in [5.41, 5.74) is 1.02. The molecule has 16 heavy (non-hydrogen) atoms. The molecule has 0 amide bonds. The number of halogens is 1. The van der Waals surface area contributed by atoms with E-state index in [-0.39, 0.29) is 5.75 Å². The van der Waals surface area contributed by atoms with Crippen LogP contribution in [0.5, 0.6) is 11.5 Å². The number of aromatic hydroxyl groups is 1. The summed E-state index contributed by atoms with van der Waals surface area (Å²) >= 11 is 5.99. The van der Waals surface area contributed by atoms with Crippen molar-refractivity contribution >= 4 is 11.6 Å². The minimum Gasteiger partial charge on any atom is -0.504 e. The second-order valence-corrected chi connectivity index (χ2v) is 3.94. The fraction of sp³-hybridized carbons (Fsp3) is 0.455. The van der Waals surface area contributed by atoms with Gasteiger partial charge in [-0.05, 0) is 20.0 Å². The minimum atomic E-state index is -0.822. The predicted octanol–water partition coefficient (Wildman–Crippen LogP) is 1.62. The number of phenols is 1. The average molecular weight is 246 g/mol. The summed E-state index contributed by atoms with van der Waals surface area (Å²) in [7, 11) is 3.17. The zero-order chi connectivity index (χ0) is 12.3. The van der Waals surface area contributed by atoms with Gasteiger partial charge in [0.15, 0.2) is 11.5 Å². The van der Waals surface area contributed by atoms with Crippen LogP contribution >= 0.6 is 11.6 Å². The fourth-order valence-electron chi connectivity index (χ4n) is 1.54. The van der Waals surface area contributed by atoms with Crippen LogP contribution in [-0.2, 0) is 0 Å². The summed E-state index contributed by atoms with van der Waals surface area (Å²) < 4.78 is 5.06. The molecule has 1 unspecified atom stereocenters. The lowest BCUT2D eigenvalue weighted by Crippen LogP contribution is -2.17. The SMILES string of the molecule is CNCC(O)c1cc(Cl)c(C)c(OC)c1O. The molecule has 1 aromatic rings. The quantitative estimate of drug-likeness (QED) is 0.754. The van der Waals surface area contributed by atoms with Crippen LogP contribution in [0.1, 0.15) is 17.2 Å². The lowest BCUT2D eigenvalue weighted by atomic mass is 10.0. The smallest absolute Gasteiger partial charge is 0.165 e. The van der Waals surface area contributed by atoms with Gasteiger partial charge in [-0.25, -0.2) is 0 Å². The first-order valence-corrected chi connectivity index (χ1v) is 5.29. The molecule has 0 aromatic heterocycles. The Hall–Kier alpha value is -0.970. The second kappa shape index (κ2) is 5.39. The summed E-state index contributed by atoms with van der Waals surface area (Å²) in [4.78, 5) is 0. The van der Waals surface area contributed by atoms with Crippen molar-refractivity contribution in [1.29, 1.82) is 0 Å². The lowest BCUT2D eigenvalue weighted by molar-refractivity contribution is 0.173. The van der Waals surface area contributed by atoms with Crippen LogP contribution in [-0.4, -0.2) is 30.9 Å².